The number of aryl methyl sites for hydroxylation is 1. The summed E-state index contributed by atoms with van der Waals surface area (Å²) in [6.45, 7) is 3.99. The van der Waals surface area contributed by atoms with E-state index in [0.717, 1.165) is 30.0 Å². The Morgan fingerprint density at radius 3 is 2.56 bits per heavy atom. The quantitative estimate of drug-likeness (QED) is 0.281. The zero-order chi connectivity index (χ0) is 18.6. The van der Waals surface area contributed by atoms with Crippen molar-refractivity contribution < 1.29 is 4.79 Å². The van der Waals surface area contributed by atoms with Crippen molar-refractivity contribution in [1.82, 2.24) is 20.9 Å². The molecule has 1 aromatic carbocycles. The summed E-state index contributed by atoms with van der Waals surface area (Å²) in [4.78, 5) is 21.8. The minimum Gasteiger partial charge on any atom is -0.356 e. The number of rotatable bonds is 9. The molecule has 0 unspecified atom stereocenters. The van der Waals surface area contributed by atoms with Gasteiger partial charge in [0.25, 0.3) is 0 Å². The largest absolute Gasteiger partial charge is 0.356 e. The normalized spacial score (nSPS) is 10.8. The summed E-state index contributed by atoms with van der Waals surface area (Å²) in [7, 11) is 1.73. The summed E-state index contributed by atoms with van der Waals surface area (Å²) in [6.07, 6.45) is 4.24. The average Bonchev–Trinajstić information content (AvgIpc) is 3.14. The summed E-state index contributed by atoms with van der Waals surface area (Å²) < 4.78 is 0. The molecule has 2 rings (SSSR count). The lowest BCUT2D eigenvalue weighted by Gasteiger charge is -2.11. The van der Waals surface area contributed by atoms with Crippen molar-refractivity contribution in [3.05, 3.63) is 52.0 Å². The maximum Gasteiger partial charge on any atom is 0.222 e. The lowest BCUT2D eigenvalue weighted by Crippen LogP contribution is -2.40. The topological polar surface area (TPSA) is 78.4 Å². The summed E-state index contributed by atoms with van der Waals surface area (Å²) in [5, 5.41) is 10.5. The van der Waals surface area contributed by atoms with Crippen LogP contribution in [0.4, 0.5) is 0 Å². The minimum atomic E-state index is 0. The first-order chi connectivity index (χ1) is 12.7. The number of halogens is 1. The predicted octanol–water partition coefficient (Wildman–Crippen LogP) is 2.74. The first-order valence-electron chi connectivity index (χ1n) is 8.90. The van der Waals surface area contributed by atoms with Crippen LogP contribution in [0.15, 0.2) is 41.5 Å². The van der Waals surface area contributed by atoms with Crippen LogP contribution in [0.25, 0.3) is 0 Å². The first-order valence-corrected chi connectivity index (χ1v) is 9.71. The fourth-order valence-corrected chi connectivity index (χ4v) is 3.18. The summed E-state index contributed by atoms with van der Waals surface area (Å²) >= 11 is 1.75. The monoisotopic (exact) mass is 501 g/mol. The molecule has 1 heterocycles. The number of nitrogens with one attached hydrogen (secondary N) is 3. The van der Waals surface area contributed by atoms with Crippen LogP contribution in [-0.2, 0) is 24.2 Å². The second kappa shape index (κ2) is 13.5. The molecule has 0 aliphatic rings. The molecule has 0 aliphatic heterocycles. The van der Waals surface area contributed by atoms with Gasteiger partial charge in [0.05, 0.1) is 5.01 Å². The second-order valence-electron chi connectivity index (χ2n) is 5.76. The highest BCUT2D eigenvalue weighted by Gasteiger charge is 2.04. The molecule has 2 aromatic rings. The van der Waals surface area contributed by atoms with Crippen molar-refractivity contribution in [3.63, 3.8) is 0 Å². The summed E-state index contributed by atoms with van der Waals surface area (Å²) in [5.41, 5.74) is 1.10. The van der Waals surface area contributed by atoms with Crippen molar-refractivity contribution in [3.8, 4) is 0 Å². The number of benzene rings is 1. The number of carbonyl (C=O) groups is 1. The van der Waals surface area contributed by atoms with Gasteiger partial charge < -0.3 is 16.0 Å². The van der Waals surface area contributed by atoms with Gasteiger partial charge in [-0.1, -0.05) is 37.3 Å². The molecule has 1 aromatic heterocycles. The molecule has 148 valence electrons. The van der Waals surface area contributed by atoms with E-state index in [2.05, 4.69) is 32.9 Å². The van der Waals surface area contributed by atoms with E-state index in [1.807, 2.05) is 36.5 Å². The molecule has 1 amide bonds. The molecule has 0 aliphatic carbocycles. The Morgan fingerprint density at radius 1 is 1.15 bits per heavy atom. The van der Waals surface area contributed by atoms with Crippen molar-refractivity contribution in [1.29, 1.82) is 0 Å². The molecule has 8 heteroatoms. The average molecular weight is 501 g/mol. The van der Waals surface area contributed by atoms with Crippen molar-refractivity contribution in [2.45, 2.75) is 32.7 Å². The van der Waals surface area contributed by atoms with Crippen LogP contribution in [0.1, 0.15) is 28.8 Å². The fraction of sp³-hybridized carbons (Fsp3) is 0.421. The van der Waals surface area contributed by atoms with E-state index in [1.165, 1.54) is 4.88 Å². The molecule has 0 atom stereocenters. The number of hydrogen-bond acceptors (Lipinski definition) is 4. The minimum absolute atomic E-state index is 0. The van der Waals surface area contributed by atoms with Crippen LogP contribution in [0.2, 0.25) is 0 Å². The van der Waals surface area contributed by atoms with Gasteiger partial charge in [0.1, 0.15) is 0 Å². The third-order valence-corrected chi connectivity index (χ3v) is 4.98. The number of guanidine groups is 1. The fourth-order valence-electron chi connectivity index (χ4n) is 2.31. The molecule has 0 saturated heterocycles. The van der Waals surface area contributed by atoms with Crippen LogP contribution in [-0.4, -0.2) is 37.0 Å². The van der Waals surface area contributed by atoms with E-state index in [9.17, 15) is 4.79 Å². The van der Waals surface area contributed by atoms with Gasteiger partial charge in [-0.15, -0.1) is 35.3 Å². The predicted molar refractivity (Wildman–Crippen MR) is 123 cm³/mol. The van der Waals surface area contributed by atoms with Crippen LogP contribution < -0.4 is 16.0 Å². The van der Waals surface area contributed by atoms with Crippen LogP contribution >= 0.6 is 35.3 Å². The van der Waals surface area contributed by atoms with E-state index < -0.39 is 0 Å². The Morgan fingerprint density at radius 2 is 1.89 bits per heavy atom. The third kappa shape index (κ3) is 9.18. The van der Waals surface area contributed by atoms with Gasteiger partial charge in [-0.2, -0.15) is 0 Å². The van der Waals surface area contributed by atoms with E-state index in [1.54, 1.807) is 18.4 Å². The Bertz CT molecular complexity index is 705. The van der Waals surface area contributed by atoms with E-state index in [4.69, 9.17) is 0 Å². The summed E-state index contributed by atoms with van der Waals surface area (Å²) in [6, 6.07) is 9.89. The highest BCUT2D eigenvalue weighted by Crippen LogP contribution is 2.13. The molecule has 6 nitrogen and oxygen atoms in total. The highest BCUT2D eigenvalue weighted by atomic mass is 127. The molecule has 0 radical (unpaired) electrons. The van der Waals surface area contributed by atoms with Gasteiger partial charge in [0.2, 0.25) is 5.91 Å². The van der Waals surface area contributed by atoms with Gasteiger partial charge in [-0.3, -0.25) is 9.79 Å². The maximum atomic E-state index is 11.9. The Balaban J connectivity index is 0.00000364. The van der Waals surface area contributed by atoms with Crippen molar-refractivity contribution >= 4 is 47.2 Å². The molecule has 0 bridgehead atoms. The SMILES string of the molecule is CCc1cnc(CCNC(=NC)NCCC(=O)NCc2ccccc2)s1.I. The van der Waals surface area contributed by atoms with Gasteiger partial charge in [-0.05, 0) is 12.0 Å². The highest BCUT2D eigenvalue weighted by molar-refractivity contribution is 14.0. The first kappa shape index (κ1) is 23.4. The number of aromatic nitrogens is 1. The maximum absolute atomic E-state index is 11.9. The van der Waals surface area contributed by atoms with E-state index >= 15 is 0 Å². The van der Waals surface area contributed by atoms with Crippen LogP contribution in [0.5, 0.6) is 0 Å². The number of amides is 1. The second-order valence-corrected chi connectivity index (χ2v) is 6.96. The lowest BCUT2D eigenvalue weighted by atomic mass is 10.2. The number of thiazole rings is 1. The zero-order valence-corrected chi connectivity index (χ0v) is 19.0. The van der Waals surface area contributed by atoms with Gasteiger partial charge in [0, 0.05) is 50.6 Å². The van der Waals surface area contributed by atoms with Gasteiger partial charge in [0.15, 0.2) is 5.96 Å². The van der Waals surface area contributed by atoms with Crippen LogP contribution in [0.3, 0.4) is 0 Å². The molecule has 3 N–H and O–H groups in total. The Kier molecular flexibility index (Phi) is 11.7. The molecular formula is C19H28IN5OS. The number of aliphatic imine (C=N–C) groups is 1. The van der Waals surface area contributed by atoms with Gasteiger partial charge >= 0.3 is 0 Å². The molecule has 0 fully saturated rings. The van der Waals surface area contributed by atoms with E-state index in [0.29, 0.717) is 25.5 Å². The molecule has 27 heavy (non-hydrogen) atoms. The number of hydrogen-bond donors (Lipinski definition) is 3. The van der Waals surface area contributed by atoms with Crippen LogP contribution in [0, 0.1) is 0 Å². The molecule has 0 spiro atoms. The molecular weight excluding hydrogens is 473 g/mol. The van der Waals surface area contributed by atoms with Gasteiger partial charge in [-0.25, -0.2) is 4.98 Å². The Labute approximate surface area is 182 Å². The zero-order valence-electron chi connectivity index (χ0n) is 15.8. The van der Waals surface area contributed by atoms with E-state index in [-0.39, 0.29) is 29.9 Å². The number of nitrogens with zero attached hydrogens (tertiary/aromatic N) is 2. The van der Waals surface area contributed by atoms with Crippen molar-refractivity contribution in [2.24, 2.45) is 4.99 Å². The number of carbonyl (C=O) groups excluding carboxylic acids is 1. The lowest BCUT2D eigenvalue weighted by molar-refractivity contribution is -0.121. The molecule has 0 saturated carbocycles. The Hall–Kier alpha value is -1.68. The summed E-state index contributed by atoms with van der Waals surface area (Å²) in [5.74, 6) is 0.722. The van der Waals surface area contributed by atoms with Crippen molar-refractivity contribution in [2.75, 3.05) is 20.1 Å². The standard InChI is InChI=1S/C19H27N5OS.HI/c1-3-16-14-24-18(26-16)10-12-22-19(20-2)21-11-9-17(25)23-13-15-7-5-4-6-8-15;/h4-8,14H,3,9-13H2,1-2H3,(H,23,25)(H2,20,21,22);1H. The smallest absolute Gasteiger partial charge is 0.222 e. The third-order valence-electron chi connectivity index (χ3n) is 3.78.